The third kappa shape index (κ3) is 2.65. The fourth-order valence-corrected chi connectivity index (χ4v) is 4.96. The third-order valence-corrected chi connectivity index (χ3v) is 7.07. The third-order valence-electron chi connectivity index (χ3n) is 7.07. The highest BCUT2D eigenvalue weighted by Gasteiger charge is 2.75. The fraction of sp³-hybridized carbons (Fsp3) is 0.722. The van der Waals surface area contributed by atoms with Crippen molar-refractivity contribution < 1.29 is 23.1 Å². The molecule has 3 heterocycles. The molecular weight excluding hydrogens is 361 g/mol. The van der Waals surface area contributed by atoms with Gasteiger partial charge in [-0.15, -0.1) is 0 Å². The molecule has 4 rings (SSSR count). The summed E-state index contributed by atoms with van der Waals surface area (Å²) < 4.78 is 40.1. The molecule has 4 atom stereocenters. The molecule has 27 heavy (non-hydrogen) atoms. The van der Waals surface area contributed by atoms with Crippen molar-refractivity contribution in [3.05, 3.63) is 11.8 Å². The van der Waals surface area contributed by atoms with Gasteiger partial charge in [0.2, 0.25) is 5.95 Å². The average Bonchev–Trinajstić information content (AvgIpc) is 2.83. The van der Waals surface area contributed by atoms with Gasteiger partial charge in [-0.3, -0.25) is 4.79 Å². The number of alkyl halides is 3. The summed E-state index contributed by atoms with van der Waals surface area (Å²) in [7, 11) is 0. The number of anilines is 2. The maximum atomic E-state index is 13.4. The molecule has 0 amide bonds. The molecule has 0 spiro atoms. The van der Waals surface area contributed by atoms with Crippen LogP contribution in [0.1, 0.15) is 39.3 Å². The summed E-state index contributed by atoms with van der Waals surface area (Å²) in [4.78, 5) is 22.9. The number of aliphatic carboxylic acids is 1. The van der Waals surface area contributed by atoms with E-state index in [1.165, 1.54) is 0 Å². The molecule has 1 aromatic heterocycles. The smallest absolute Gasteiger partial charge is 0.433 e. The van der Waals surface area contributed by atoms with Gasteiger partial charge in [-0.2, -0.15) is 18.2 Å². The van der Waals surface area contributed by atoms with E-state index in [2.05, 4.69) is 9.97 Å². The van der Waals surface area contributed by atoms with Gasteiger partial charge in [-0.05, 0) is 30.1 Å². The van der Waals surface area contributed by atoms with Crippen LogP contribution in [0.2, 0.25) is 0 Å². The second-order valence-corrected chi connectivity index (χ2v) is 8.58. The number of fused-ring (bicyclic) bond motifs is 1. The van der Waals surface area contributed by atoms with Crippen LogP contribution in [0.15, 0.2) is 6.07 Å². The summed E-state index contributed by atoms with van der Waals surface area (Å²) >= 11 is 0. The Kier molecular flexibility index (Phi) is 3.72. The highest BCUT2D eigenvalue weighted by Crippen LogP contribution is 2.74. The molecule has 2 saturated heterocycles. The molecule has 3 fully saturated rings. The minimum Gasteiger partial charge on any atom is -0.481 e. The quantitative estimate of drug-likeness (QED) is 0.861. The van der Waals surface area contributed by atoms with Crippen LogP contribution in [0.25, 0.3) is 0 Å². The Hall–Kier alpha value is -2.06. The summed E-state index contributed by atoms with van der Waals surface area (Å²) in [6, 6.07) is 1.14. The zero-order chi connectivity index (χ0) is 19.8. The number of hydrogen-bond acceptors (Lipinski definition) is 5. The van der Waals surface area contributed by atoms with E-state index in [1.54, 1.807) is 4.90 Å². The van der Waals surface area contributed by atoms with Gasteiger partial charge in [0.25, 0.3) is 0 Å². The summed E-state index contributed by atoms with van der Waals surface area (Å²) in [5.74, 6) is -0.400. The molecule has 1 saturated carbocycles. The first kappa shape index (κ1) is 18.3. The first-order valence-corrected chi connectivity index (χ1v) is 9.15. The molecule has 2 aliphatic heterocycles. The molecule has 3 aliphatic rings. The lowest BCUT2D eigenvalue weighted by molar-refractivity contribution is -0.141. The highest BCUT2D eigenvalue weighted by atomic mass is 19.4. The Morgan fingerprint density at radius 2 is 1.93 bits per heavy atom. The second kappa shape index (κ2) is 5.48. The lowest BCUT2D eigenvalue weighted by atomic mass is 10.0. The first-order chi connectivity index (χ1) is 12.5. The summed E-state index contributed by atoms with van der Waals surface area (Å²) in [5.41, 5.74) is -1.38. The van der Waals surface area contributed by atoms with E-state index in [-0.39, 0.29) is 41.0 Å². The van der Waals surface area contributed by atoms with E-state index >= 15 is 0 Å². The molecule has 1 aliphatic carbocycles. The molecular formula is C18H23F3N4O2. The molecule has 6 nitrogen and oxygen atoms in total. The Morgan fingerprint density at radius 3 is 2.37 bits per heavy atom. The van der Waals surface area contributed by atoms with Gasteiger partial charge in [-0.1, -0.05) is 13.8 Å². The molecule has 9 heteroatoms. The average molecular weight is 384 g/mol. The van der Waals surface area contributed by atoms with Crippen molar-refractivity contribution in [2.45, 2.75) is 45.8 Å². The van der Waals surface area contributed by atoms with Gasteiger partial charge in [0.1, 0.15) is 5.82 Å². The number of carboxylic acids is 1. The number of piperidine rings is 1. The van der Waals surface area contributed by atoms with Gasteiger partial charge >= 0.3 is 12.1 Å². The Bertz CT molecular complexity index is 783. The summed E-state index contributed by atoms with van der Waals surface area (Å²) in [6.45, 7) is 7.64. The summed E-state index contributed by atoms with van der Waals surface area (Å²) in [5, 5.41) is 9.11. The van der Waals surface area contributed by atoms with E-state index in [0.717, 1.165) is 12.5 Å². The van der Waals surface area contributed by atoms with Crippen LogP contribution in [-0.4, -0.2) is 46.7 Å². The molecule has 0 aromatic carbocycles. The van der Waals surface area contributed by atoms with E-state index in [9.17, 15) is 18.0 Å². The highest BCUT2D eigenvalue weighted by molar-refractivity contribution is 5.69. The van der Waals surface area contributed by atoms with Crippen LogP contribution in [0, 0.1) is 16.7 Å². The molecule has 0 bridgehead atoms. The van der Waals surface area contributed by atoms with Crippen molar-refractivity contribution in [1.29, 1.82) is 0 Å². The van der Waals surface area contributed by atoms with Crippen LogP contribution in [0.4, 0.5) is 24.9 Å². The fourth-order valence-electron chi connectivity index (χ4n) is 4.96. The van der Waals surface area contributed by atoms with Gasteiger partial charge in [0.05, 0.1) is 0 Å². The van der Waals surface area contributed by atoms with Crippen LogP contribution in [-0.2, 0) is 11.0 Å². The van der Waals surface area contributed by atoms with Gasteiger partial charge < -0.3 is 14.9 Å². The van der Waals surface area contributed by atoms with Gasteiger partial charge in [-0.25, -0.2) is 4.98 Å². The SMILES string of the molecule is C[C@H]1CCN1c1nc(N2C[C@@]3(C)C(CC(=O)O)[C@@]3(C)C2)cc(C(F)(F)F)n1. The number of halogens is 3. The van der Waals surface area contributed by atoms with Crippen LogP contribution in [0.5, 0.6) is 0 Å². The van der Waals surface area contributed by atoms with E-state index < -0.39 is 17.8 Å². The largest absolute Gasteiger partial charge is 0.481 e. The monoisotopic (exact) mass is 384 g/mol. The van der Waals surface area contributed by atoms with Crippen molar-refractivity contribution in [3.63, 3.8) is 0 Å². The maximum Gasteiger partial charge on any atom is 0.433 e. The van der Waals surface area contributed by atoms with E-state index in [4.69, 9.17) is 5.11 Å². The van der Waals surface area contributed by atoms with Crippen molar-refractivity contribution in [2.24, 2.45) is 16.7 Å². The lowest BCUT2D eigenvalue weighted by Gasteiger charge is -2.39. The van der Waals surface area contributed by atoms with Crippen LogP contribution >= 0.6 is 0 Å². The number of aromatic nitrogens is 2. The molecule has 1 aromatic rings. The van der Waals surface area contributed by atoms with Crippen molar-refractivity contribution in [2.75, 3.05) is 29.4 Å². The maximum absolute atomic E-state index is 13.4. The number of nitrogens with zero attached hydrogens (tertiary/aromatic N) is 4. The number of rotatable bonds is 4. The van der Waals surface area contributed by atoms with Crippen LogP contribution in [0.3, 0.4) is 0 Å². The number of carboxylic acid groups (broad SMARTS) is 1. The Morgan fingerprint density at radius 1 is 1.30 bits per heavy atom. The first-order valence-electron chi connectivity index (χ1n) is 9.15. The predicted octanol–water partition coefficient (Wildman–Crippen LogP) is 3.03. The van der Waals surface area contributed by atoms with Gasteiger partial charge in [0.15, 0.2) is 5.69 Å². The summed E-state index contributed by atoms with van der Waals surface area (Å²) in [6.07, 6.45) is -3.54. The van der Waals surface area contributed by atoms with E-state index in [0.29, 0.717) is 19.6 Å². The zero-order valence-electron chi connectivity index (χ0n) is 15.5. The van der Waals surface area contributed by atoms with Crippen molar-refractivity contribution in [3.8, 4) is 0 Å². The minimum absolute atomic E-state index is 0.0394. The molecule has 1 N–H and O–H groups in total. The zero-order valence-corrected chi connectivity index (χ0v) is 15.5. The van der Waals surface area contributed by atoms with Crippen LogP contribution < -0.4 is 9.80 Å². The predicted molar refractivity (Wildman–Crippen MR) is 92.6 cm³/mol. The molecule has 148 valence electrons. The molecule has 0 radical (unpaired) electrons. The standard InChI is InChI=1S/C18H23F3N4O2/c1-10-4-5-25(10)15-22-12(18(19,20)21)7-13(23-15)24-8-16(2)11(6-14(26)27)17(16,3)9-24/h7,10-11H,4-6,8-9H2,1-3H3,(H,26,27)/t10-,11?,16-,17+/m0/s1. The second-order valence-electron chi connectivity index (χ2n) is 8.58. The minimum atomic E-state index is -4.54. The van der Waals surface area contributed by atoms with Gasteiger partial charge in [0, 0.05) is 38.2 Å². The topological polar surface area (TPSA) is 69.6 Å². The Labute approximate surface area is 155 Å². The number of hydrogen-bond donors (Lipinski definition) is 1. The lowest BCUT2D eigenvalue weighted by Crippen LogP contribution is -2.47. The van der Waals surface area contributed by atoms with Crippen molar-refractivity contribution >= 4 is 17.7 Å². The van der Waals surface area contributed by atoms with Crippen molar-refractivity contribution in [1.82, 2.24) is 9.97 Å². The van der Waals surface area contributed by atoms with E-state index in [1.807, 2.05) is 25.7 Å². The Balaban J connectivity index is 1.63. The number of carbonyl (C=O) groups is 1. The molecule has 1 unspecified atom stereocenters. The normalized spacial score (nSPS) is 35.0.